The van der Waals surface area contributed by atoms with Gasteiger partial charge in [0.25, 0.3) is 0 Å². The van der Waals surface area contributed by atoms with E-state index in [0.717, 1.165) is 10.4 Å². The lowest BCUT2D eigenvalue weighted by atomic mass is 10.2. The molecule has 2 N–H and O–H groups in total. The number of rotatable bonds is 4. The minimum atomic E-state index is -0.300. The molecule has 0 aliphatic rings. The Balaban J connectivity index is 2.69. The molecule has 3 nitrogen and oxygen atoms in total. The Labute approximate surface area is 75.1 Å². The number of amides is 1. The first-order chi connectivity index (χ1) is 5.74. The Kier molecular flexibility index (Phi) is 3.25. The van der Waals surface area contributed by atoms with Crippen molar-refractivity contribution in [1.82, 2.24) is 0 Å². The molecule has 0 saturated carbocycles. The van der Waals surface area contributed by atoms with Gasteiger partial charge < -0.3 is 10.5 Å². The summed E-state index contributed by atoms with van der Waals surface area (Å²) in [6, 6.07) is 1.91. The second-order valence-corrected chi connectivity index (χ2v) is 3.45. The van der Waals surface area contributed by atoms with Crippen LogP contribution in [0.25, 0.3) is 0 Å². The Morgan fingerprint density at radius 1 is 1.75 bits per heavy atom. The Morgan fingerprint density at radius 2 is 2.50 bits per heavy atom. The fraction of sp³-hybridized carbons (Fsp3) is 0.375. The molecule has 0 aliphatic heterocycles. The average Bonchev–Trinajstić information content (AvgIpc) is 2.37. The molecule has 0 fully saturated rings. The van der Waals surface area contributed by atoms with E-state index in [1.165, 1.54) is 0 Å². The summed E-state index contributed by atoms with van der Waals surface area (Å²) in [5.41, 5.74) is 6.05. The normalized spacial score (nSPS) is 10.1. The van der Waals surface area contributed by atoms with Crippen LogP contribution in [0.1, 0.15) is 10.4 Å². The number of primary amides is 1. The third kappa shape index (κ3) is 2.32. The van der Waals surface area contributed by atoms with Crippen LogP contribution < -0.4 is 5.73 Å². The smallest absolute Gasteiger partial charge is 0.221 e. The van der Waals surface area contributed by atoms with E-state index in [1.807, 2.05) is 11.4 Å². The van der Waals surface area contributed by atoms with E-state index in [4.69, 9.17) is 10.5 Å². The molecule has 0 saturated heterocycles. The summed E-state index contributed by atoms with van der Waals surface area (Å²) in [5, 5.41) is 1.94. The SMILES string of the molecule is COCc1sccc1CC(N)=O. The molecule has 0 radical (unpaired) electrons. The number of hydrogen-bond donors (Lipinski definition) is 1. The summed E-state index contributed by atoms with van der Waals surface area (Å²) in [6.45, 7) is 0.556. The van der Waals surface area contributed by atoms with Crippen molar-refractivity contribution in [3.05, 3.63) is 21.9 Å². The summed E-state index contributed by atoms with van der Waals surface area (Å²) >= 11 is 1.58. The molecular formula is C8H11NO2S. The Morgan fingerprint density at radius 3 is 3.08 bits per heavy atom. The van der Waals surface area contributed by atoms with Crippen LogP contribution in [0.2, 0.25) is 0 Å². The van der Waals surface area contributed by atoms with Gasteiger partial charge in [0.15, 0.2) is 0 Å². The predicted molar refractivity (Wildman–Crippen MR) is 47.9 cm³/mol. The maximum atomic E-state index is 10.6. The molecule has 1 amide bonds. The molecule has 0 aliphatic carbocycles. The summed E-state index contributed by atoms with van der Waals surface area (Å²) in [7, 11) is 1.63. The van der Waals surface area contributed by atoms with Gasteiger partial charge >= 0.3 is 0 Å². The monoisotopic (exact) mass is 185 g/mol. The standard InChI is InChI=1S/C8H11NO2S/c1-11-5-7-6(2-3-12-7)4-8(9)10/h2-3H,4-5H2,1H3,(H2,9,10). The summed E-state index contributed by atoms with van der Waals surface area (Å²) in [6.07, 6.45) is 0.308. The quantitative estimate of drug-likeness (QED) is 0.758. The van der Waals surface area contributed by atoms with Crippen LogP contribution in [0.3, 0.4) is 0 Å². The van der Waals surface area contributed by atoms with E-state index in [-0.39, 0.29) is 5.91 Å². The molecule has 0 aromatic carbocycles. The van der Waals surface area contributed by atoms with Crippen molar-refractivity contribution in [2.75, 3.05) is 7.11 Å². The van der Waals surface area contributed by atoms with Crippen LogP contribution in [0, 0.1) is 0 Å². The molecule has 1 aromatic rings. The van der Waals surface area contributed by atoms with Gasteiger partial charge in [-0.15, -0.1) is 11.3 Å². The Hall–Kier alpha value is -0.870. The van der Waals surface area contributed by atoms with E-state index in [0.29, 0.717) is 13.0 Å². The van der Waals surface area contributed by atoms with Gasteiger partial charge in [0.05, 0.1) is 13.0 Å². The van der Waals surface area contributed by atoms with E-state index in [2.05, 4.69) is 0 Å². The number of hydrogen-bond acceptors (Lipinski definition) is 3. The van der Waals surface area contributed by atoms with Gasteiger partial charge in [-0.25, -0.2) is 0 Å². The predicted octanol–water partition coefficient (Wildman–Crippen LogP) is 0.922. The molecule has 1 aromatic heterocycles. The van der Waals surface area contributed by atoms with Crippen LogP contribution in [0.15, 0.2) is 11.4 Å². The Bertz CT molecular complexity index is 270. The first kappa shape index (κ1) is 9.22. The largest absolute Gasteiger partial charge is 0.379 e. The van der Waals surface area contributed by atoms with Crippen LogP contribution in [-0.4, -0.2) is 13.0 Å². The third-order valence-corrected chi connectivity index (χ3v) is 2.41. The summed E-state index contributed by atoms with van der Waals surface area (Å²) < 4.78 is 4.97. The highest BCUT2D eigenvalue weighted by Crippen LogP contribution is 2.17. The van der Waals surface area contributed by atoms with Crippen LogP contribution in [0.5, 0.6) is 0 Å². The maximum absolute atomic E-state index is 10.6. The second kappa shape index (κ2) is 4.23. The topological polar surface area (TPSA) is 52.3 Å². The fourth-order valence-electron chi connectivity index (χ4n) is 0.970. The molecule has 66 valence electrons. The van der Waals surface area contributed by atoms with Gasteiger partial charge in [0.2, 0.25) is 5.91 Å². The fourth-order valence-corrected chi connectivity index (χ4v) is 1.84. The zero-order valence-electron chi connectivity index (χ0n) is 6.87. The molecule has 1 heterocycles. The highest BCUT2D eigenvalue weighted by molar-refractivity contribution is 7.10. The number of ether oxygens (including phenoxy) is 1. The molecule has 0 spiro atoms. The van der Waals surface area contributed by atoms with Crippen molar-refractivity contribution >= 4 is 17.2 Å². The first-order valence-corrected chi connectivity index (χ1v) is 4.44. The number of nitrogens with two attached hydrogens (primary N) is 1. The van der Waals surface area contributed by atoms with Gasteiger partial charge in [-0.2, -0.15) is 0 Å². The first-order valence-electron chi connectivity index (χ1n) is 3.56. The molecule has 0 unspecified atom stereocenters. The van der Waals surface area contributed by atoms with E-state index in [1.54, 1.807) is 18.4 Å². The zero-order valence-corrected chi connectivity index (χ0v) is 7.69. The lowest BCUT2D eigenvalue weighted by Gasteiger charge is -1.99. The lowest BCUT2D eigenvalue weighted by molar-refractivity contribution is -0.117. The third-order valence-electron chi connectivity index (χ3n) is 1.48. The number of carbonyl (C=O) groups is 1. The van der Waals surface area contributed by atoms with Gasteiger partial charge in [-0.3, -0.25) is 4.79 Å². The van der Waals surface area contributed by atoms with E-state index >= 15 is 0 Å². The van der Waals surface area contributed by atoms with Crippen LogP contribution in [0.4, 0.5) is 0 Å². The highest BCUT2D eigenvalue weighted by atomic mass is 32.1. The number of carbonyl (C=O) groups excluding carboxylic acids is 1. The minimum absolute atomic E-state index is 0.300. The van der Waals surface area contributed by atoms with Crippen molar-refractivity contribution in [2.45, 2.75) is 13.0 Å². The van der Waals surface area contributed by atoms with Crippen molar-refractivity contribution in [3.63, 3.8) is 0 Å². The van der Waals surface area contributed by atoms with Gasteiger partial charge in [-0.05, 0) is 17.0 Å². The van der Waals surface area contributed by atoms with E-state index < -0.39 is 0 Å². The van der Waals surface area contributed by atoms with Crippen molar-refractivity contribution in [2.24, 2.45) is 5.73 Å². The van der Waals surface area contributed by atoms with E-state index in [9.17, 15) is 4.79 Å². The maximum Gasteiger partial charge on any atom is 0.221 e. The van der Waals surface area contributed by atoms with Crippen LogP contribution >= 0.6 is 11.3 Å². The van der Waals surface area contributed by atoms with Crippen molar-refractivity contribution < 1.29 is 9.53 Å². The molecule has 1 rings (SSSR count). The number of thiophene rings is 1. The highest BCUT2D eigenvalue weighted by Gasteiger charge is 2.05. The zero-order chi connectivity index (χ0) is 8.97. The van der Waals surface area contributed by atoms with Crippen LogP contribution in [-0.2, 0) is 22.6 Å². The van der Waals surface area contributed by atoms with Gasteiger partial charge in [0, 0.05) is 12.0 Å². The minimum Gasteiger partial charge on any atom is -0.379 e. The summed E-state index contributed by atoms with van der Waals surface area (Å²) in [5.74, 6) is -0.300. The molecule has 0 bridgehead atoms. The van der Waals surface area contributed by atoms with Gasteiger partial charge in [-0.1, -0.05) is 0 Å². The van der Waals surface area contributed by atoms with Gasteiger partial charge in [0.1, 0.15) is 0 Å². The molecule has 4 heteroatoms. The molecule has 0 atom stereocenters. The second-order valence-electron chi connectivity index (χ2n) is 2.45. The lowest BCUT2D eigenvalue weighted by Crippen LogP contribution is -2.14. The van der Waals surface area contributed by atoms with Crippen molar-refractivity contribution in [1.29, 1.82) is 0 Å². The average molecular weight is 185 g/mol. The van der Waals surface area contributed by atoms with Crippen molar-refractivity contribution in [3.8, 4) is 0 Å². The number of methoxy groups -OCH3 is 1. The summed E-state index contributed by atoms with van der Waals surface area (Å²) in [4.78, 5) is 11.7. The molecular weight excluding hydrogens is 174 g/mol. The molecule has 12 heavy (non-hydrogen) atoms.